The molecule has 118 valence electrons. The predicted octanol–water partition coefficient (Wildman–Crippen LogP) is 1.55. The van der Waals surface area contributed by atoms with Crippen LogP contribution < -0.4 is 14.8 Å². The first-order valence-corrected chi connectivity index (χ1v) is 8.77. The number of hydrogen-bond donors (Lipinski definition) is 2. The second-order valence-corrected chi connectivity index (χ2v) is 7.33. The van der Waals surface area contributed by atoms with Gasteiger partial charge in [0.25, 0.3) is 10.2 Å². The Morgan fingerprint density at radius 3 is 2.77 bits per heavy atom. The van der Waals surface area contributed by atoms with Crippen molar-refractivity contribution in [3.05, 3.63) is 35.4 Å². The highest BCUT2D eigenvalue weighted by atomic mass is 32.2. The zero-order valence-electron chi connectivity index (χ0n) is 12.4. The van der Waals surface area contributed by atoms with Gasteiger partial charge in [-0.2, -0.15) is 8.42 Å². The van der Waals surface area contributed by atoms with Crippen LogP contribution in [0.3, 0.4) is 0 Å². The van der Waals surface area contributed by atoms with E-state index in [0.29, 0.717) is 30.3 Å². The van der Waals surface area contributed by atoms with Gasteiger partial charge < -0.3 is 5.32 Å². The Balaban J connectivity index is 1.79. The van der Waals surface area contributed by atoms with Crippen molar-refractivity contribution in [1.82, 2.24) is 0 Å². The van der Waals surface area contributed by atoms with Crippen LogP contribution in [0.1, 0.15) is 25.3 Å². The summed E-state index contributed by atoms with van der Waals surface area (Å²) in [4.78, 5) is 12.0. The van der Waals surface area contributed by atoms with Gasteiger partial charge in [0.1, 0.15) is 0 Å². The number of amides is 1. The SMILES string of the molecule is C/C(=C\C(=O)Nc1ccc2c(c1)N(S(N)(=O)=O)CC2)C1CC1. The van der Waals surface area contributed by atoms with E-state index in [1.165, 1.54) is 4.31 Å². The van der Waals surface area contributed by atoms with Gasteiger partial charge in [-0.15, -0.1) is 0 Å². The molecular formula is C15H19N3O3S. The summed E-state index contributed by atoms with van der Waals surface area (Å²) in [5.41, 5.74) is 3.11. The van der Waals surface area contributed by atoms with E-state index in [0.717, 1.165) is 24.0 Å². The van der Waals surface area contributed by atoms with Crippen LogP contribution in [-0.4, -0.2) is 20.9 Å². The summed E-state index contributed by atoms with van der Waals surface area (Å²) in [7, 11) is -3.77. The highest BCUT2D eigenvalue weighted by Crippen LogP contribution is 2.36. The fourth-order valence-electron chi connectivity index (χ4n) is 2.73. The number of benzene rings is 1. The molecule has 1 aliphatic heterocycles. The lowest BCUT2D eigenvalue weighted by molar-refractivity contribution is -0.112. The predicted molar refractivity (Wildman–Crippen MR) is 85.7 cm³/mol. The number of nitrogens with one attached hydrogen (secondary N) is 1. The summed E-state index contributed by atoms with van der Waals surface area (Å²) >= 11 is 0. The van der Waals surface area contributed by atoms with Crippen LogP contribution in [0.2, 0.25) is 0 Å². The third-order valence-corrected chi connectivity index (χ3v) is 5.09. The summed E-state index contributed by atoms with van der Waals surface area (Å²) in [5.74, 6) is 0.355. The van der Waals surface area contributed by atoms with Crippen molar-refractivity contribution in [2.24, 2.45) is 11.1 Å². The largest absolute Gasteiger partial charge is 0.322 e. The van der Waals surface area contributed by atoms with Crippen molar-refractivity contribution in [3.63, 3.8) is 0 Å². The van der Waals surface area contributed by atoms with Crippen molar-refractivity contribution >= 4 is 27.5 Å². The number of fused-ring (bicyclic) bond motifs is 1. The Morgan fingerprint density at radius 2 is 2.14 bits per heavy atom. The molecule has 1 heterocycles. The fourth-order valence-corrected chi connectivity index (χ4v) is 3.52. The minimum atomic E-state index is -3.77. The second-order valence-electron chi connectivity index (χ2n) is 5.86. The number of carbonyl (C=O) groups excluding carboxylic acids is 1. The zero-order chi connectivity index (χ0) is 15.9. The van der Waals surface area contributed by atoms with Gasteiger partial charge in [0.15, 0.2) is 0 Å². The molecule has 1 fully saturated rings. The first kappa shape index (κ1) is 15.1. The summed E-state index contributed by atoms with van der Waals surface area (Å²) in [5, 5.41) is 7.99. The van der Waals surface area contributed by atoms with Gasteiger partial charge in [-0.25, -0.2) is 5.14 Å². The Labute approximate surface area is 130 Å². The highest BCUT2D eigenvalue weighted by molar-refractivity contribution is 7.90. The van der Waals surface area contributed by atoms with Crippen molar-refractivity contribution in [2.45, 2.75) is 26.2 Å². The standard InChI is InChI=1S/C15H19N3O3S/c1-10(11-2-3-11)8-15(19)17-13-5-4-12-6-7-18(14(12)9-13)22(16,20)21/h4-5,8-9,11H,2-3,6-7H2,1H3,(H,17,19)(H2,16,20,21)/b10-8+. The molecule has 3 N–H and O–H groups in total. The molecule has 7 heteroatoms. The van der Waals surface area contributed by atoms with Crippen LogP contribution in [-0.2, 0) is 21.4 Å². The second kappa shape index (κ2) is 5.40. The van der Waals surface area contributed by atoms with Crippen LogP contribution in [0, 0.1) is 5.92 Å². The molecule has 0 aromatic heterocycles. The molecule has 2 aliphatic rings. The fraction of sp³-hybridized carbons (Fsp3) is 0.400. The minimum absolute atomic E-state index is 0.190. The number of nitrogens with zero attached hydrogens (tertiary/aromatic N) is 1. The number of allylic oxidation sites excluding steroid dienone is 1. The molecule has 22 heavy (non-hydrogen) atoms. The lowest BCUT2D eigenvalue weighted by Crippen LogP contribution is -2.35. The van der Waals surface area contributed by atoms with Gasteiger partial charge in [0.2, 0.25) is 5.91 Å². The Kier molecular flexibility index (Phi) is 3.70. The van der Waals surface area contributed by atoms with E-state index in [4.69, 9.17) is 5.14 Å². The number of carbonyl (C=O) groups is 1. The average molecular weight is 321 g/mol. The molecule has 0 spiro atoms. The van der Waals surface area contributed by atoms with E-state index < -0.39 is 10.2 Å². The molecule has 0 saturated heterocycles. The maximum Gasteiger partial charge on any atom is 0.299 e. The van der Waals surface area contributed by atoms with Gasteiger partial charge in [0, 0.05) is 18.3 Å². The lowest BCUT2D eigenvalue weighted by Gasteiger charge is -2.16. The summed E-state index contributed by atoms with van der Waals surface area (Å²) < 4.78 is 24.3. The maximum atomic E-state index is 12.0. The number of hydrogen-bond acceptors (Lipinski definition) is 3. The maximum absolute atomic E-state index is 12.0. The molecule has 0 unspecified atom stereocenters. The van der Waals surface area contributed by atoms with Gasteiger partial charge in [-0.3, -0.25) is 9.10 Å². The van der Waals surface area contributed by atoms with Crippen LogP contribution in [0.25, 0.3) is 0 Å². The van der Waals surface area contributed by atoms with Crippen molar-refractivity contribution < 1.29 is 13.2 Å². The molecule has 3 rings (SSSR count). The zero-order valence-corrected chi connectivity index (χ0v) is 13.2. The molecule has 1 amide bonds. The monoisotopic (exact) mass is 321 g/mol. The Bertz CT molecular complexity index is 751. The normalized spacial score (nSPS) is 18.3. The smallest absolute Gasteiger partial charge is 0.299 e. The van der Waals surface area contributed by atoms with Crippen LogP contribution in [0.4, 0.5) is 11.4 Å². The van der Waals surface area contributed by atoms with Gasteiger partial charge in [-0.05, 0) is 49.8 Å². The molecule has 1 aromatic carbocycles. The Morgan fingerprint density at radius 1 is 1.41 bits per heavy atom. The quantitative estimate of drug-likeness (QED) is 0.824. The molecule has 0 radical (unpaired) electrons. The molecule has 1 saturated carbocycles. The van der Waals surface area contributed by atoms with E-state index >= 15 is 0 Å². The van der Waals surface area contributed by atoms with E-state index in [2.05, 4.69) is 5.32 Å². The van der Waals surface area contributed by atoms with Gasteiger partial charge in [-0.1, -0.05) is 11.6 Å². The third-order valence-electron chi connectivity index (χ3n) is 4.09. The van der Waals surface area contributed by atoms with Crippen LogP contribution >= 0.6 is 0 Å². The van der Waals surface area contributed by atoms with E-state index in [9.17, 15) is 13.2 Å². The average Bonchev–Trinajstić information content (AvgIpc) is 3.17. The molecular weight excluding hydrogens is 302 g/mol. The van der Waals surface area contributed by atoms with Crippen LogP contribution in [0.5, 0.6) is 0 Å². The van der Waals surface area contributed by atoms with Crippen molar-refractivity contribution in [3.8, 4) is 0 Å². The van der Waals surface area contributed by atoms with E-state index in [-0.39, 0.29) is 5.91 Å². The van der Waals surface area contributed by atoms with Crippen LogP contribution in [0.15, 0.2) is 29.8 Å². The molecule has 0 atom stereocenters. The third kappa shape index (κ3) is 3.15. The highest BCUT2D eigenvalue weighted by Gasteiger charge is 2.27. The molecule has 1 aliphatic carbocycles. The summed E-state index contributed by atoms with van der Waals surface area (Å²) in [6, 6.07) is 5.27. The topological polar surface area (TPSA) is 92.5 Å². The number of nitrogens with two attached hydrogens (primary N) is 1. The number of anilines is 2. The minimum Gasteiger partial charge on any atom is -0.322 e. The van der Waals surface area contributed by atoms with Crippen molar-refractivity contribution in [2.75, 3.05) is 16.2 Å². The van der Waals surface area contributed by atoms with Gasteiger partial charge >= 0.3 is 0 Å². The summed E-state index contributed by atoms with van der Waals surface area (Å²) in [6.07, 6.45) is 4.54. The first-order valence-electron chi connectivity index (χ1n) is 7.27. The van der Waals surface area contributed by atoms with Crippen molar-refractivity contribution in [1.29, 1.82) is 0 Å². The molecule has 6 nitrogen and oxygen atoms in total. The van der Waals surface area contributed by atoms with Gasteiger partial charge in [0.05, 0.1) is 5.69 Å². The Hall–Kier alpha value is -1.86. The summed E-state index contributed by atoms with van der Waals surface area (Å²) in [6.45, 7) is 2.30. The van der Waals surface area contributed by atoms with E-state index in [1.54, 1.807) is 18.2 Å². The van der Waals surface area contributed by atoms with E-state index in [1.807, 2.05) is 13.0 Å². The molecule has 1 aromatic rings. The number of rotatable bonds is 4. The first-order chi connectivity index (χ1) is 10.3. The lowest BCUT2D eigenvalue weighted by atomic mass is 10.1. The molecule has 0 bridgehead atoms.